The Bertz CT molecular complexity index is 647. The number of aryl methyl sites for hydroxylation is 1. The van der Waals surface area contributed by atoms with Crippen LogP contribution in [0.15, 0.2) is 54.6 Å². The van der Waals surface area contributed by atoms with E-state index >= 15 is 0 Å². The minimum atomic E-state index is -0.588. The zero-order chi connectivity index (χ0) is 12.9. The zero-order valence-electron chi connectivity index (χ0n) is 10.5. The molecule has 1 aliphatic heterocycles. The van der Waals surface area contributed by atoms with Crippen LogP contribution < -0.4 is 0 Å². The summed E-state index contributed by atoms with van der Waals surface area (Å²) in [6.07, 6.45) is 1.66. The number of rotatable bonds is 1. The molecule has 0 amide bonds. The van der Waals surface area contributed by atoms with Crippen LogP contribution >= 0.6 is 0 Å². The van der Waals surface area contributed by atoms with Crippen molar-refractivity contribution in [2.75, 3.05) is 0 Å². The van der Waals surface area contributed by atoms with Gasteiger partial charge in [0.15, 0.2) is 11.4 Å². The molecule has 2 aliphatic rings. The Hall–Kier alpha value is -1.93. The molecule has 2 atom stereocenters. The highest BCUT2D eigenvalue weighted by Crippen LogP contribution is 2.56. The van der Waals surface area contributed by atoms with Gasteiger partial charge in [0.25, 0.3) is 0 Å². The summed E-state index contributed by atoms with van der Waals surface area (Å²) in [5, 5.41) is 0. The van der Waals surface area contributed by atoms with Crippen LogP contribution in [0.4, 0.5) is 0 Å². The Morgan fingerprint density at radius 1 is 1.00 bits per heavy atom. The van der Waals surface area contributed by atoms with Gasteiger partial charge in [0.2, 0.25) is 0 Å². The van der Waals surface area contributed by atoms with Gasteiger partial charge in [0, 0.05) is 5.56 Å². The highest BCUT2D eigenvalue weighted by molar-refractivity contribution is 6.07. The number of carbonyl (C=O) groups excluding carboxylic acids is 1. The van der Waals surface area contributed by atoms with E-state index in [4.69, 9.17) is 4.74 Å². The second-order valence-electron chi connectivity index (χ2n) is 5.28. The zero-order valence-corrected chi connectivity index (χ0v) is 10.5. The van der Waals surface area contributed by atoms with Crippen molar-refractivity contribution in [3.8, 4) is 0 Å². The van der Waals surface area contributed by atoms with E-state index in [1.54, 1.807) is 0 Å². The molecule has 0 N–H and O–H groups in total. The molecular formula is C17H14O2. The number of fused-ring (bicyclic) bond motifs is 1. The average Bonchev–Trinajstić information content (AvgIpc) is 3.20. The maximum atomic E-state index is 12.7. The Kier molecular flexibility index (Phi) is 2.18. The van der Waals surface area contributed by atoms with Crippen LogP contribution in [0.5, 0.6) is 0 Å². The van der Waals surface area contributed by atoms with E-state index < -0.39 is 5.60 Å². The monoisotopic (exact) mass is 250 g/mol. The van der Waals surface area contributed by atoms with E-state index in [0.29, 0.717) is 0 Å². The fourth-order valence-electron chi connectivity index (χ4n) is 3.13. The minimum Gasteiger partial charge on any atom is -0.352 e. The van der Waals surface area contributed by atoms with Crippen LogP contribution in [0.2, 0.25) is 0 Å². The molecule has 0 bridgehead atoms. The van der Waals surface area contributed by atoms with E-state index in [9.17, 15) is 4.79 Å². The quantitative estimate of drug-likeness (QED) is 0.727. The molecule has 1 heterocycles. The molecule has 4 rings (SSSR count). The third kappa shape index (κ3) is 1.50. The first-order chi connectivity index (χ1) is 9.31. The largest absolute Gasteiger partial charge is 0.352 e. The van der Waals surface area contributed by atoms with Gasteiger partial charge in [0.05, 0.1) is 0 Å². The molecule has 19 heavy (non-hydrogen) atoms. The lowest BCUT2D eigenvalue weighted by Crippen LogP contribution is -2.31. The summed E-state index contributed by atoms with van der Waals surface area (Å²) in [5.74, 6) is 0.156. The number of carbonyl (C=O) groups is 1. The first kappa shape index (κ1) is 10.9. The van der Waals surface area contributed by atoms with Crippen molar-refractivity contribution in [2.45, 2.75) is 24.5 Å². The van der Waals surface area contributed by atoms with Crippen molar-refractivity contribution >= 4 is 5.78 Å². The molecular weight excluding hydrogens is 236 g/mol. The summed E-state index contributed by atoms with van der Waals surface area (Å²) in [4.78, 5) is 12.7. The number of epoxide rings is 1. The summed E-state index contributed by atoms with van der Waals surface area (Å²) in [7, 11) is 0. The molecule has 1 saturated heterocycles. The summed E-state index contributed by atoms with van der Waals surface area (Å²) in [6.45, 7) is 0. The molecule has 1 spiro atoms. The van der Waals surface area contributed by atoms with Gasteiger partial charge in [-0.2, -0.15) is 0 Å². The molecule has 2 heteroatoms. The second kappa shape index (κ2) is 3.78. The van der Waals surface area contributed by atoms with Crippen molar-refractivity contribution in [3.63, 3.8) is 0 Å². The van der Waals surface area contributed by atoms with Crippen molar-refractivity contribution in [2.24, 2.45) is 0 Å². The molecule has 2 aromatic rings. The molecule has 1 aliphatic carbocycles. The second-order valence-corrected chi connectivity index (χ2v) is 5.28. The first-order valence-electron chi connectivity index (χ1n) is 6.67. The standard InChI is InChI=1S/C17H14O2/c18-15-14-9-5-4-6-12(14)10-11-17(15)16(19-17)13-7-2-1-3-8-13/h1-9,16H,10-11H2/t16-,17+/m0/s1. The molecule has 1 fully saturated rings. The Balaban J connectivity index is 1.71. The lowest BCUT2D eigenvalue weighted by Gasteiger charge is -2.20. The average molecular weight is 250 g/mol. The lowest BCUT2D eigenvalue weighted by molar-refractivity contribution is 0.0850. The van der Waals surface area contributed by atoms with Crippen LogP contribution in [0.3, 0.4) is 0 Å². The number of hydrogen-bond donors (Lipinski definition) is 0. The fourth-order valence-corrected chi connectivity index (χ4v) is 3.13. The Labute approximate surface area is 112 Å². The fraction of sp³-hybridized carbons (Fsp3) is 0.235. The highest BCUT2D eigenvalue weighted by atomic mass is 16.6. The molecule has 0 aromatic heterocycles. The maximum absolute atomic E-state index is 12.7. The third-order valence-corrected chi connectivity index (χ3v) is 4.21. The molecule has 2 aromatic carbocycles. The Morgan fingerprint density at radius 3 is 2.58 bits per heavy atom. The van der Waals surface area contributed by atoms with E-state index in [1.807, 2.05) is 54.6 Å². The van der Waals surface area contributed by atoms with Crippen molar-refractivity contribution < 1.29 is 9.53 Å². The predicted molar refractivity (Wildman–Crippen MR) is 72.1 cm³/mol. The van der Waals surface area contributed by atoms with Crippen LogP contribution in [0.25, 0.3) is 0 Å². The van der Waals surface area contributed by atoms with Crippen molar-refractivity contribution in [1.29, 1.82) is 0 Å². The van der Waals surface area contributed by atoms with Gasteiger partial charge in [-0.05, 0) is 24.0 Å². The summed E-state index contributed by atoms with van der Waals surface area (Å²) in [5.41, 5.74) is 2.51. The van der Waals surface area contributed by atoms with Crippen LogP contribution in [-0.4, -0.2) is 11.4 Å². The van der Waals surface area contributed by atoms with Gasteiger partial charge in [-0.1, -0.05) is 54.6 Å². The van der Waals surface area contributed by atoms with Gasteiger partial charge in [-0.25, -0.2) is 0 Å². The topological polar surface area (TPSA) is 29.6 Å². The van der Waals surface area contributed by atoms with Crippen molar-refractivity contribution in [1.82, 2.24) is 0 Å². The Morgan fingerprint density at radius 2 is 1.74 bits per heavy atom. The van der Waals surface area contributed by atoms with Gasteiger partial charge >= 0.3 is 0 Å². The number of benzene rings is 2. The van der Waals surface area contributed by atoms with Gasteiger partial charge < -0.3 is 4.74 Å². The molecule has 0 radical (unpaired) electrons. The minimum absolute atomic E-state index is 0.0606. The number of Topliss-reactive ketones (excluding diaryl/α,β-unsaturated/α-hetero) is 1. The number of hydrogen-bond acceptors (Lipinski definition) is 2. The molecule has 0 saturated carbocycles. The van der Waals surface area contributed by atoms with Crippen molar-refractivity contribution in [3.05, 3.63) is 71.3 Å². The third-order valence-electron chi connectivity index (χ3n) is 4.21. The molecule has 2 nitrogen and oxygen atoms in total. The van der Waals surface area contributed by atoms with E-state index in [0.717, 1.165) is 29.5 Å². The normalized spacial score (nSPS) is 28.2. The van der Waals surface area contributed by atoms with E-state index in [-0.39, 0.29) is 11.9 Å². The van der Waals surface area contributed by atoms with E-state index in [2.05, 4.69) is 0 Å². The predicted octanol–water partition coefficient (Wildman–Crippen LogP) is 3.33. The van der Waals surface area contributed by atoms with Gasteiger partial charge in [-0.3, -0.25) is 4.79 Å². The summed E-state index contributed by atoms with van der Waals surface area (Å²) >= 11 is 0. The first-order valence-corrected chi connectivity index (χ1v) is 6.67. The summed E-state index contributed by atoms with van der Waals surface area (Å²) < 4.78 is 5.85. The highest BCUT2D eigenvalue weighted by Gasteiger charge is 2.63. The van der Waals surface area contributed by atoms with Gasteiger partial charge in [-0.15, -0.1) is 0 Å². The van der Waals surface area contributed by atoms with Gasteiger partial charge in [0.1, 0.15) is 6.10 Å². The number of ketones is 1. The van der Waals surface area contributed by atoms with Crippen LogP contribution in [0.1, 0.15) is 34.0 Å². The lowest BCUT2D eigenvalue weighted by atomic mass is 9.79. The summed E-state index contributed by atoms with van der Waals surface area (Å²) in [6, 6.07) is 17.9. The molecule has 94 valence electrons. The number of ether oxygens (including phenoxy) is 1. The molecule has 0 unspecified atom stereocenters. The van der Waals surface area contributed by atoms with E-state index in [1.165, 1.54) is 0 Å². The van der Waals surface area contributed by atoms with Crippen LogP contribution in [0, 0.1) is 0 Å². The maximum Gasteiger partial charge on any atom is 0.198 e. The SMILES string of the molecule is O=C1c2ccccc2CC[C@@]12O[C@H]2c1ccccc1. The van der Waals surface area contributed by atoms with Crippen LogP contribution in [-0.2, 0) is 11.2 Å². The smallest absolute Gasteiger partial charge is 0.198 e.